The van der Waals surface area contributed by atoms with Crippen LogP contribution in [0.4, 0.5) is 5.69 Å². The summed E-state index contributed by atoms with van der Waals surface area (Å²) in [7, 11) is 0. The first-order valence-corrected chi connectivity index (χ1v) is 7.28. The molecule has 2 nitrogen and oxygen atoms in total. The van der Waals surface area contributed by atoms with Crippen LogP contribution in [0, 0.1) is 5.92 Å². The minimum absolute atomic E-state index is 0.327. The van der Waals surface area contributed by atoms with Crippen molar-refractivity contribution in [1.82, 2.24) is 0 Å². The van der Waals surface area contributed by atoms with Crippen LogP contribution in [0.3, 0.4) is 0 Å². The maximum Gasteiger partial charge on any atom is 0.0807 e. The van der Waals surface area contributed by atoms with Crippen molar-refractivity contribution in [3.8, 4) is 0 Å². The molecule has 1 fully saturated rings. The molecule has 2 rings (SSSR count). The molecule has 0 saturated carbocycles. The minimum Gasteiger partial charge on any atom is -0.388 e. The highest BCUT2D eigenvalue weighted by molar-refractivity contribution is 5.55. The molecular formula is C16H25NO. The lowest BCUT2D eigenvalue weighted by atomic mass is 10.0. The lowest BCUT2D eigenvalue weighted by Crippen LogP contribution is -2.21. The largest absolute Gasteiger partial charge is 0.388 e. The van der Waals surface area contributed by atoms with E-state index >= 15 is 0 Å². The summed E-state index contributed by atoms with van der Waals surface area (Å²) in [5, 5.41) is 10.1. The van der Waals surface area contributed by atoms with E-state index in [9.17, 15) is 5.11 Å². The fraction of sp³-hybridized carbons (Fsp3) is 0.625. The standard InChI is InChI=1S/C16H25NO/c1-3-7-13-10-11-17(12-13)15-9-6-5-8-14(15)16(18)4-2/h5-6,8-9,13,16,18H,3-4,7,10-12H2,1-2H3/t13?,16-/m0/s1. The highest BCUT2D eigenvalue weighted by Crippen LogP contribution is 2.32. The monoisotopic (exact) mass is 247 g/mol. The Bertz CT molecular complexity index is 377. The summed E-state index contributed by atoms with van der Waals surface area (Å²) in [6.07, 6.45) is 4.35. The van der Waals surface area contributed by atoms with Crippen LogP contribution in [-0.4, -0.2) is 18.2 Å². The van der Waals surface area contributed by atoms with Crippen molar-refractivity contribution in [3.05, 3.63) is 29.8 Å². The molecule has 0 spiro atoms. The molecule has 2 heteroatoms. The zero-order chi connectivity index (χ0) is 13.0. The van der Waals surface area contributed by atoms with E-state index in [2.05, 4.69) is 30.0 Å². The molecule has 1 unspecified atom stereocenters. The number of benzene rings is 1. The van der Waals surface area contributed by atoms with Gasteiger partial charge in [-0.2, -0.15) is 0 Å². The van der Waals surface area contributed by atoms with Crippen molar-refractivity contribution in [2.45, 2.75) is 45.6 Å². The smallest absolute Gasteiger partial charge is 0.0807 e. The first kappa shape index (κ1) is 13.4. The van der Waals surface area contributed by atoms with E-state index in [4.69, 9.17) is 0 Å². The second-order valence-corrected chi connectivity index (χ2v) is 5.37. The molecule has 1 N–H and O–H groups in total. The maximum absolute atomic E-state index is 10.1. The number of para-hydroxylation sites is 1. The lowest BCUT2D eigenvalue weighted by Gasteiger charge is -2.24. The summed E-state index contributed by atoms with van der Waals surface area (Å²) in [5.74, 6) is 0.835. The Balaban J connectivity index is 2.14. The van der Waals surface area contributed by atoms with Crippen LogP contribution in [0.25, 0.3) is 0 Å². The quantitative estimate of drug-likeness (QED) is 0.856. The average molecular weight is 247 g/mol. The molecule has 2 atom stereocenters. The Hall–Kier alpha value is -1.02. The maximum atomic E-state index is 10.1. The van der Waals surface area contributed by atoms with Crippen molar-refractivity contribution in [2.24, 2.45) is 5.92 Å². The van der Waals surface area contributed by atoms with Gasteiger partial charge in [-0.05, 0) is 31.2 Å². The number of nitrogens with zero attached hydrogens (tertiary/aromatic N) is 1. The van der Waals surface area contributed by atoms with Crippen molar-refractivity contribution in [1.29, 1.82) is 0 Å². The van der Waals surface area contributed by atoms with Gasteiger partial charge >= 0.3 is 0 Å². The molecule has 1 aromatic rings. The van der Waals surface area contributed by atoms with Crippen LogP contribution in [0.1, 0.15) is 51.2 Å². The Kier molecular flexibility index (Phi) is 4.65. The first-order valence-electron chi connectivity index (χ1n) is 7.28. The first-order chi connectivity index (χ1) is 8.76. The third-order valence-electron chi connectivity index (χ3n) is 4.01. The molecule has 0 aromatic heterocycles. The van der Waals surface area contributed by atoms with Gasteiger partial charge in [0.25, 0.3) is 0 Å². The van der Waals surface area contributed by atoms with Gasteiger partial charge in [0.1, 0.15) is 0 Å². The molecule has 1 aliphatic heterocycles. The van der Waals surface area contributed by atoms with E-state index in [0.29, 0.717) is 0 Å². The number of rotatable bonds is 5. The second-order valence-electron chi connectivity index (χ2n) is 5.37. The molecule has 18 heavy (non-hydrogen) atoms. The van der Waals surface area contributed by atoms with E-state index in [1.807, 2.05) is 13.0 Å². The van der Waals surface area contributed by atoms with Gasteiger partial charge in [-0.1, -0.05) is 38.5 Å². The number of anilines is 1. The van der Waals surface area contributed by atoms with E-state index in [-0.39, 0.29) is 6.10 Å². The fourth-order valence-electron chi connectivity index (χ4n) is 2.97. The van der Waals surface area contributed by atoms with E-state index < -0.39 is 0 Å². The molecule has 1 aromatic carbocycles. The van der Waals surface area contributed by atoms with Gasteiger partial charge in [-0.3, -0.25) is 0 Å². The Morgan fingerprint density at radius 1 is 1.33 bits per heavy atom. The zero-order valence-electron chi connectivity index (χ0n) is 11.6. The second kappa shape index (κ2) is 6.24. The SMILES string of the molecule is CCCC1CCN(c2ccccc2[C@@H](O)CC)C1. The molecule has 0 radical (unpaired) electrons. The van der Waals surface area contributed by atoms with Gasteiger partial charge in [0.05, 0.1) is 6.10 Å². The van der Waals surface area contributed by atoms with Crippen LogP contribution in [0.5, 0.6) is 0 Å². The summed E-state index contributed by atoms with van der Waals surface area (Å²) in [6, 6.07) is 8.32. The highest BCUT2D eigenvalue weighted by Gasteiger charge is 2.24. The average Bonchev–Trinajstić information content (AvgIpc) is 2.87. The van der Waals surface area contributed by atoms with Crippen LogP contribution >= 0.6 is 0 Å². The number of hydrogen-bond acceptors (Lipinski definition) is 2. The van der Waals surface area contributed by atoms with E-state index in [1.165, 1.54) is 24.9 Å². The van der Waals surface area contributed by atoms with Crippen LogP contribution in [0.2, 0.25) is 0 Å². The Labute approximate surface area is 111 Å². The molecule has 1 saturated heterocycles. The highest BCUT2D eigenvalue weighted by atomic mass is 16.3. The van der Waals surface area contributed by atoms with Crippen molar-refractivity contribution in [3.63, 3.8) is 0 Å². The predicted octanol–water partition coefficient (Wildman–Crippen LogP) is 3.76. The van der Waals surface area contributed by atoms with Crippen LogP contribution in [-0.2, 0) is 0 Å². The van der Waals surface area contributed by atoms with Crippen molar-refractivity contribution < 1.29 is 5.11 Å². The minimum atomic E-state index is -0.327. The van der Waals surface area contributed by atoms with Gasteiger partial charge < -0.3 is 10.0 Å². The lowest BCUT2D eigenvalue weighted by molar-refractivity contribution is 0.174. The summed E-state index contributed by atoms with van der Waals surface area (Å²) < 4.78 is 0. The van der Waals surface area contributed by atoms with Crippen molar-refractivity contribution >= 4 is 5.69 Å². The number of aliphatic hydroxyl groups is 1. The summed E-state index contributed by atoms with van der Waals surface area (Å²) in [4.78, 5) is 2.45. The van der Waals surface area contributed by atoms with Gasteiger partial charge in [-0.25, -0.2) is 0 Å². The summed E-state index contributed by atoms with van der Waals surface area (Å²) in [6.45, 7) is 6.59. The topological polar surface area (TPSA) is 23.5 Å². The number of hydrogen-bond donors (Lipinski definition) is 1. The van der Waals surface area contributed by atoms with Crippen LogP contribution < -0.4 is 4.90 Å². The molecule has 0 aliphatic carbocycles. The van der Waals surface area contributed by atoms with E-state index in [1.54, 1.807) is 0 Å². The third kappa shape index (κ3) is 2.86. The Morgan fingerprint density at radius 2 is 2.11 bits per heavy atom. The number of aliphatic hydroxyl groups excluding tert-OH is 1. The van der Waals surface area contributed by atoms with Gasteiger partial charge in [-0.15, -0.1) is 0 Å². The van der Waals surface area contributed by atoms with Gasteiger partial charge in [0, 0.05) is 24.3 Å². The molecule has 0 amide bonds. The zero-order valence-corrected chi connectivity index (χ0v) is 11.6. The molecule has 100 valence electrons. The summed E-state index contributed by atoms with van der Waals surface area (Å²) in [5.41, 5.74) is 2.34. The van der Waals surface area contributed by atoms with Crippen molar-refractivity contribution in [2.75, 3.05) is 18.0 Å². The summed E-state index contributed by atoms with van der Waals surface area (Å²) >= 11 is 0. The fourth-order valence-corrected chi connectivity index (χ4v) is 2.97. The normalized spacial score (nSPS) is 21.3. The van der Waals surface area contributed by atoms with Crippen LogP contribution in [0.15, 0.2) is 24.3 Å². The molecule has 0 bridgehead atoms. The third-order valence-corrected chi connectivity index (χ3v) is 4.01. The predicted molar refractivity (Wildman–Crippen MR) is 76.9 cm³/mol. The molecule has 1 aliphatic rings. The molecule has 1 heterocycles. The molecular weight excluding hydrogens is 222 g/mol. The Morgan fingerprint density at radius 3 is 2.83 bits per heavy atom. The van der Waals surface area contributed by atoms with Gasteiger partial charge in [0.2, 0.25) is 0 Å². The van der Waals surface area contributed by atoms with Gasteiger partial charge in [0.15, 0.2) is 0 Å². The van der Waals surface area contributed by atoms with E-state index in [0.717, 1.165) is 31.0 Å².